The van der Waals surface area contributed by atoms with E-state index in [-0.39, 0.29) is 5.63 Å². The molecule has 0 unspecified atom stereocenters. The smallest absolute Gasteiger partial charge is 0.346 e. The van der Waals surface area contributed by atoms with Crippen LogP contribution in [0.2, 0.25) is 0 Å². The van der Waals surface area contributed by atoms with Gasteiger partial charge in [0.1, 0.15) is 5.75 Å². The normalized spacial score (nSPS) is 10.6. The molecule has 2 rings (SSSR count). The Balaban J connectivity index is 2.87. The second kappa shape index (κ2) is 3.66. The van der Waals surface area contributed by atoms with E-state index >= 15 is 0 Å². The first kappa shape index (κ1) is 10.2. The molecule has 0 spiro atoms. The van der Waals surface area contributed by atoms with Gasteiger partial charge in [-0.3, -0.25) is 0 Å². The number of rotatable bonds is 1. The largest absolute Gasteiger partial charge is 0.495 e. The molecule has 0 radical (unpaired) electrons. The summed E-state index contributed by atoms with van der Waals surface area (Å²) in [6, 6.07) is 3.34. The molecule has 1 aromatic carbocycles. The fourth-order valence-corrected chi connectivity index (χ4v) is 1.84. The Labute approximate surface area is 94.0 Å². The summed E-state index contributed by atoms with van der Waals surface area (Å²) in [5.74, 6) is 0.983. The molecular formula is C10H8BrNO3. The maximum Gasteiger partial charge on any atom is 0.346 e. The van der Waals surface area contributed by atoms with Crippen LogP contribution in [0.5, 0.6) is 5.75 Å². The molecule has 4 nitrogen and oxygen atoms in total. The van der Waals surface area contributed by atoms with Gasteiger partial charge in [0.05, 0.1) is 22.5 Å². The highest BCUT2D eigenvalue weighted by atomic mass is 79.9. The van der Waals surface area contributed by atoms with Crippen molar-refractivity contribution in [3.63, 3.8) is 0 Å². The van der Waals surface area contributed by atoms with E-state index in [1.165, 1.54) is 0 Å². The summed E-state index contributed by atoms with van der Waals surface area (Å²) < 4.78 is 10.7. The lowest BCUT2D eigenvalue weighted by Crippen LogP contribution is -2.03. The van der Waals surface area contributed by atoms with Gasteiger partial charge < -0.3 is 9.15 Å². The number of hydrogen-bond donors (Lipinski definition) is 0. The minimum absolute atomic E-state index is 0.344. The van der Waals surface area contributed by atoms with Gasteiger partial charge in [-0.25, -0.2) is 9.78 Å². The van der Waals surface area contributed by atoms with Gasteiger partial charge in [-0.2, -0.15) is 0 Å². The molecule has 1 heterocycles. The summed E-state index contributed by atoms with van der Waals surface area (Å²) in [7, 11) is 1.56. The minimum atomic E-state index is -0.388. The Morgan fingerprint density at radius 3 is 2.87 bits per heavy atom. The van der Waals surface area contributed by atoms with E-state index in [9.17, 15) is 4.79 Å². The van der Waals surface area contributed by atoms with Crippen molar-refractivity contribution in [1.82, 2.24) is 4.98 Å². The van der Waals surface area contributed by atoms with E-state index < -0.39 is 0 Å². The van der Waals surface area contributed by atoms with Gasteiger partial charge in [-0.15, -0.1) is 0 Å². The number of methoxy groups -OCH3 is 1. The van der Waals surface area contributed by atoms with E-state index in [1.54, 1.807) is 26.2 Å². The van der Waals surface area contributed by atoms with Gasteiger partial charge in [0.15, 0.2) is 5.89 Å². The molecule has 0 fully saturated rings. The predicted molar refractivity (Wildman–Crippen MR) is 59.3 cm³/mol. The van der Waals surface area contributed by atoms with Crippen molar-refractivity contribution in [2.24, 2.45) is 0 Å². The Morgan fingerprint density at radius 2 is 2.20 bits per heavy atom. The van der Waals surface area contributed by atoms with Crippen molar-refractivity contribution in [2.45, 2.75) is 6.92 Å². The van der Waals surface area contributed by atoms with Crippen LogP contribution in [0.1, 0.15) is 5.89 Å². The molecule has 78 valence electrons. The number of aryl methyl sites for hydroxylation is 1. The Morgan fingerprint density at radius 1 is 1.47 bits per heavy atom. The van der Waals surface area contributed by atoms with Crippen molar-refractivity contribution < 1.29 is 9.15 Å². The zero-order valence-electron chi connectivity index (χ0n) is 8.20. The lowest BCUT2D eigenvalue weighted by Gasteiger charge is -2.04. The van der Waals surface area contributed by atoms with Crippen molar-refractivity contribution >= 4 is 26.8 Å². The highest BCUT2D eigenvalue weighted by molar-refractivity contribution is 9.10. The van der Waals surface area contributed by atoms with Crippen LogP contribution in [-0.2, 0) is 0 Å². The molecule has 1 aromatic heterocycles. The second-order valence-corrected chi connectivity index (χ2v) is 3.88. The molecular weight excluding hydrogens is 262 g/mol. The quantitative estimate of drug-likeness (QED) is 0.797. The van der Waals surface area contributed by atoms with Crippen LogP contribution >= 0.6 is 15.9 Å². The predicted octanol–water partition coefficient (Wildman–Crippen LogP) is 2.27. The standard InChI is InChI=1S/C10H8BrNO3/c1-5-12-8-4-9(14-2)7(11)3-6(8)10(13)15-5/h3-4H,1-2H3. The van der Waals surface area contributed by atoms with Crippen molar-refractivity contribution in [2.75, 3.05) is 7.11 Å². The van der Waals surface area contributed by atoms with Gasteiger partial charge in [-0.1, -0.05) is 0 Å². The van der Waals surface area contributed by atoms with Crippen LogP contribution in [0.4, 0.5) is 0 Å². The number of nitrogens with zero attached hydrogens (tertiary/aromatic N) is 1. The first-order chi connectivity index (χ1) is 7.11. The van der Waals surface area contributed by atoms with E-state index in [2.05, 4.69) is 20.9 Å². The first-order valence-electron chi connectivity index (χ1n) is 4.27. The number of aromatic nitrogens is 1. The SMILES string of the molecule is COc1cc2nc(C)oc(=O)c2cc1Br. The van der Waals surface area contributed by atoms with Crippen LogP contribution < -0.4 is 10.4 Å². The lowest BCUT2D eigenvalue weighted by atomic mass is 10.2. The van der Waals surface area contributed by atoms with Gasteiger partial charge >= 0.3 is 5.63 Å². The lowest BCUT2D eigenvalue weighted by molar-refractivity contribution is 0.412. The van der Waals surface area contributed by atoms with Crippen LogP contribution in [0.25, 0.3) is 10.9 Å². The van der Waals surface area contributed by atoms with Gasteiger partial charge in [0, 0.05) is 13.0 Å². The molecule has 5 heteroatoms. The third-order valence-electron chi connectivity index (χ3n) is 2.01. The summed E-state index contributed by atoms with van der Waals surface area (Å²) in [6.45, 7) is 1.63. The van der Waals surface area contributed by atoms with Gasteiger partial charge in [0.2, 0.25) is 0 Å². The molecule has 0 aliphatic carbocycles. The molecule has 0 N–H and O–H groups in total. The molecule has 0 saturated heterocycles. The average Bonchev–Trinajstić information content (AvgIpc) is 2.18. The van der Waals surface area contributed by atoms with Crippen LogP contribution in [0, 0.1) is 6.92 Å². The second-order valence-electron chi connectivity index (χ2n) is 3.02. The van der Waals surface area contributed by atoms with Gasteiger partial charge in [0.25, 0.3) is 0 Å². The van der Waals surface area contributed by atoms with E-state index in [1.807, 2.05) is 0 Å². The summed E-state index contributed by atoms with van der Waals surface area (Å²) in [4.78, 5) is 15.6. The van der Waals surface area contributed by atoms with Gasteiger partial charge in [-0.05, 0) is 22.0 Å². The van der Waals surface area contributed by atoms with E-state index in [4.69, 9.17) is 9.15 Å². The molecule has 0 bridgehead atoms. The molecule has 0 saturated carbocycles. The number of benzene rings is 1. The van der Waals surface area contributed by atoms with E-state index in [0.717, 1.165) is 0 Å². The molecule has 15 heavy (non-hydrogen) atoms. The zero-order chi connectivity index (χ0) is 11.0. The fraction of sp³-hybridized carbons (Fsp3) is 0.200. The topological polar surface area (TPSA) is 52.3 Å². The van der Waals surface area contributed by atoms with E-state index in [0.29, 0.717) is 27.0 Å². The third kappa shape index (κ3) is 1.74. The van der Waals surface area contributed by atoms with Crippen LogP contribution in [0.3, 0.4) is 0 Å². The Bertz CT molecular complexity index is 577. The fourth-order valence-electron chi connectivity index (χ4n) is 1.34. The average molecular weight is 270 g/mol. The number of hydrogen-bond acceptors (Lipinski definition) is 4. The Kier molecular flexibility index (Phi) is 2.48. The molecule has 0 amide bonds. The number of fused-ring (bicyclic) bond motifs is 1. The minimum Gasteiger partial charge on any atom is -0.495 e. The maximum atomic E-state index is 11.5. The summed E-state index contributed by atoms with van der Waals surface area (Å²) >= 11 is 3.30. The molecule has 0 aliphatic rings. The van der Waals surface area contributed by atoms with Crippen LogP contribution in [-0.4, -0.2) is 12.1 Å². The van der Waals surface area contributed by atoms with Crippen molar-refractivity contribution in [1.29, 1.82) is 0 Å². The zero-order valence-corrected chi connectivity index (χ0v) is 9.79. The molecule has 0 aliphatic heterocycles. The highest BCUT2D eigenvalue weighted by Gasteiger charge is 2.08. The molecule has 0 atom stereocenters. The third-order valence-corrected chi connectivity index (χ3v) is 2.63. The van der Waals surface area contributed by atoms with Crippen LogP contribution in [0.15, 0.2) is 25.8 Å². The van der Waals surface area contributed by atoms with Crippen molar-refractivity contribution in [3.8, 4) is 5.75 Å². The summed E-state index contributed by atoms with van der Waals surface area (Å²) in [5.41, 5.74) is 0.185. The highest BCUT2D eigenvalue weighted by Crippen LogP contribution is 2.27. The monoisotopic (exact) mass is 269 g/mol. The number of ether oxygens (including phenoxy) is 1. The van der Waals surface area contributed by atoms with Crippen molar-refractivity contribution in [3.05, 3.63) is 32.9 Å². The number of halogens is 1. The first-order valence-corrected chi connectivity index (χ1v) is 5.06. The summed E-state index contributed by atoms with van der Waals surface area (Å²) in [5, 5.41) is 0.438. The molecule has 2 aromatic rings. The summed E-state index contributed by atoms with van der Waals surface area (Å²) in [6.07, 6.45) is 0. The Hall–Kier alpha value is -1.36. The maximum absolute atomic E-state index is 11.5.